The van der Waals surface area contributed by atoms with Crippen LogP contribution in [-0.2, 0) is 14.1 Å². The minimum atomic E-state index is -0.426. The van der Waals surface area contributed by atoms with E-state index >= 15 is 0 Å². The topological polar surface area (TPSA) is 78.6 Å². The molecule has 2 aliphatic heterocycles. The Morgan fingerprint density at radius 2 is 1.85 bits per heavy atom. The summed E-state index contributed by atoms with van der Waals surface area (Å²) >= 11 is 0. The lowest BCUT2D eigenvalue weighted by Crippen LogP contribution is -2.43. The normalized spacial score (nSPS) is 19.5. The molecule has 1 fully saturated rings. The molecule has 2 aliphatic rings. The van der Waals surface area contributed by atoms with Crippen LogP contribution in [-0.4, -0.2) is 34.1 Å². The van der Waals surface area contributed by atoms with Crippen LogP contribution in [0.4, 0.5) is 5.82 Å². The van der Waals surface area contributed by atoms with E-state index in [2.05, 4.69) is 5.10 Å². The van der Waals surface area contributed by atoms with Crippen molar-refractivity contribution in [3.05, 3.63) is 44.6 Å². The Balaban J connectivity index is 1.73. The summed E-state index contributed by atoms with van der Waals surface area (Å²) in [4.78, 5) is 26.5. The van der Waals surface area contributed by atoms with Gasteiger partial charge in [0.15, 0.2) is 11.5 Å². The third kappa shape index (κ3) is 2.75. The van der Waals surface area contributed by atoms with E-state index in [1.165, 1.54) is 11.7 Å². The number of benzene rings is 1. The first kappa shape index (κ1) is 16.7. The number of nitrogens with zero attached hydrogens (tertiary/aromatic N) is 4. The number of aryl methyl sites for hydroxylation is 1. The van der Waals surface area contributed by atoms with Gasteiger partial charge in [0.1, 0.15) is 0 Å². The van der Waals surface area contributed by atoms with E-state index in [-0.39, 0.29) is 11.6 Å². The predicted octanol–water partition coefficient (Wildman–Crippen LogP) is 0.982. The van der Waals surface area contributed by atoms with Crippen molar-refractivity contribution >= 4 is 5.82 Å². The van der Waals surface area contributed by atoms with Gasteiger partial charge < -0.3 is 14.4 Å². The number of rotatable bonds is 2. The molecule has 3 heterocycles. The van der Waals surface area contributed by atoms with Crippen molar-refractivity contribution in [3.8, 4) is 11.5 Å². The molecule has 0 bridgehead atoms. The summed E-state index contributed by atoms with van der Waals surface area (Å²) in [7, 11) is 3.04. The van der Waals surface area contributed by atoms with Crippen LogP contribution < -0.4 is 25.6 Å². The second-order valence-corrected chi connectivity index (χ2v) is 6.70. The molecule has 138 valence electrons. The third-order valence-corrected chi connectivity index (χ3v) is 4.99. The zero-order valence-electron chi connectivity index (χ0n) is 15.0. The maximum absolute atomic E-state index is 12.6. The van der Waals surface area contributed by atoms with Crippen molar-refractivity contribution in [3.63, 3.8) is 0 Å². The van der Waals surface area contributed by atoms with Crippen molar-refractivity contribution in [2.45, 2.75) is 25.3 Å². The van der Waals surface area contributed by atoms with Gasteiger partial charge in [-0.1, -0.05) is 6.07 Å². The second-order valence-electron chi connectivity index (χ2n) is 6.70. The number of fused-ring (bicyclic) bond motifs is 1. The Hall–Kier alpha value is -2.77. The monoisotopic (exact) mass is 358 g/mol. The molecule has 0 aliphatic carbocycles. The quantitative estimate of drug-likeness (QED) is 0.796. The Bertz CT molecular complexity index is 949. The van der Waals surface area contributed by atoms with Crippen LogP contribution in [0.15, 0.2) is 27.8 Å². The van der Waals surface area contributed by atoms with Crippen molar-refractivity contribution < 1.29 is 9.47 Å². The zero-order chi connectivity index (χ0) is 18.3. The SMILES string of the molecule is Cn1nc(N2CCCC2c2ccc3c(c2)OCCCO3)c(=O)n(C)c1=O. The largest absolute Gasteiger partial charge is 0.490 e. The molecule has 26 heavy (non-hydrogen) atoms. The van der Waals surface area contributed by atoms with E-state index < -0.39 is 5.69 Å². The minimum Gasteiger partial charge on any atom is -0.490 e. The lowest BCUT2D eigenvalue weighted by atomic mass is 10.0. The lowest BCUT2D eigenvalue weighted by Gasteiger charge is -2.26. The van der Waals surface area contributed by atoms with Crippen molar-refractivity contribution in [2.75, 3.05) is 24.7 Å². The minimum absolute atomic E-state index is 0.0184. The highest BCUT2D eigenvalue weighted by Crippen LogP contribution is 2.38. The smallest absolute Gasteiger partial charge is 0.346 e. The molecule has 1 aromatic carbocycles. The molecule has 1 saturated heterocycles. The predicted molar refractivity (Wildman–Crippen MR) is 96.1 cm³/mol. The van der Waals surface area contributed by atoms with Gasteiger partial charge in [-0.2, -0.15) is 0 Å². The third-order valence-electron chi connectivity index (χ3n) is 4.99. The number of hydrogen-bond acceptors (Lipinski definition) is 6. The summed E-state index contributed by atoms with van der Waals surface area (Å²) < 4.78 is 13.8. The average Bonchev–Trinajstić information content (AvgIpc) is 3.01. The van der Waals surface area contributed by atoms with E-state index in [0.29, 0.717) is 19.0 Å². The van der Waals surface area contributed by atoms with Crippen LogP contribution in [0, 0.1) is 0 Å². The number of ether oxygens (including phenoxy) is 2. The fraction of sp³-hybridized carbons (Fsp3) is 0.500. The molecule has 0 saturated carbocycles. The Morgan fingerprint density at radius 1 is 1.08 bits per heavy atom. The van der Waals surface area contributed by atoms with Gasteiger partial charge in [0.05, 0.1) is 19.3 Å². The Labute approximate surface area is 150 Å². The average molecular weight is 358 g/mol. The van der Waals surface area contributed by atoms with Crippen LogP contribution in [0.1, 0.15) is 30.9 Å². The lowest BCUT2D eigenvalue weighted by molar-refractivity contribution is 0.297. The van der Waals surface area contributed by atoms with Crippen molar-refractivity contribution in [1.29, 1.82) is 0 Å². The van der Waals surface area contributed by atoms with Crippen molar-refractivity contribution in [2.24, 2.45) is 14.1 Å². The zero-order valence-corrected chi connectivity index (χ0v) is 15.0. The molecular formula is C18H22N4O4. The molecular weight excluding hydrogens is 336 g/mol. The molecule has 1 unspecified atom stereocenters. The van der Waals surface area contributed by atoms with E-state index in [1.54, 1.807) is 7.05 Å². The maximum atomic E-state index is 12.6. The van der Waals surface area contributed by atoms with Crippen LogP contribution >= 0.6 is 0 Å². The van der Waals surface area contributed by atoms with Crippen molar-refractivity contribution in [1.82, 2.24) is 14.3 Å². The summed E-state index contributed by atoms with van der Waals surface area (Å²) in [5, 5.41) is 4.23. The molecule has 8 heteroatoms. The van der Waals surface area contributed by atoms with Gasteiger partial charge >= 0.3 is 5.69 Å². The molecule has 0 spiro atoms. The summed E-state index contributed by atoms with van der Waals surface area (Å²) in [6, 6.07) is 5.96. The molecule has 4 rings (SSSR count). The van der Waals surface area contributed by atoms with Gasteiger partial charge in [-0.15, -0.1) is 5.10 Å². The summed E-state index contributed by atoms with van der Waals surface area (Å²) in [6.07, 6.45) is 2.72. The van der Waals surface area contributed by atoms with E-state index in [1.807, 2.05) is 23.1 Å². The van der Waals surface area contributed by atoms with Crippen LogP contribution in [0.2, 0.25) is 0 Å². The highest BCUT2D eigenvalue weighted by molar-refractivity contribution is 5.48. The summed E-state index contributed by atoms with van der Waals surface area (Å²) in [5.74, 6) is 1.81. The maximum Gasteiger partial charge on any atom is 0.346 e. The van der Waals surface area contributed by atoms with Crippen LogP contribution in [0.3, 0.4) is 0 Å². The highest BCUT2D eigenvalue weighted by Gasteiger charge is 2.31. The fourth-order valence-corrected chi connectivity index (χ4v) is 3.62. The first-order valence-electron chi connectivity index (χ1n) is 8.87. The van der Waals surface area contributed by atoms with Crippen LogP contribution in [0.5, 0.6) is 11.5 Å². The number of aromatic nitrogens is 3. The van der Waals surface area contributed by atoms with Gasteiger partial charge in [-0.3, -0.25) is 9.36 Å². The van der Waals surface area contributed by atoms with E-state index in [9.17, 15) is 9.59 Å². The van der Waals surface area contributed by atoms with Crippen LogP contribution in [0.25, 0.3) is 0 Å². The molecule has 0 amide bonds. The highest BCUT2D eigenvalue weighted by atomic mass is 16.5. The Morgan fingerprint density at radius 3 is 2.65 bits per heavy atom. The molecule has 0 radical (unpaired) electrons. The summed E-state index contributed by atoms with van der Waals surface area (Å²) in [6.45, 7) is 2.01. The fourth-order valence-electron chi connectivity index (χ4n) is 3.62. The first-order chi connectivity index (χ1) is 12.6. The van der Waals surface area contributed by atoms with Gasteiger partial charge in [-0.25, -0.2) is 9.48 Å². The Kier molecular flexibility index (Phi) is 4.18. The molecule has 1 atom stereocenters. The summed E-state index contributed by atoms with van der Waals surface area (Å²) in [5.41, 5.74) is 0.267. The number of hydrogen-bond donors (Lipinski definition) is 0. The second kappa shape index (κ2) is 6.51. The van der Waals surface area contributed by atoms with Gasteiger partial charge in [0.2, 0.25) is 5.82 Å². The molecule has 0 N–H and O–H groups in total. The van der Waals surface area contributed by atoms with E-state index in [4.69, 9.17) is 9.47 Å². The first-order valence-corrected chi connectivity index (χ1v) is 8.87. The van der Waals surface area contributed by atoms with E-state index in [0.717, 1.165) is 47.4 Å². The molecule has 1 aromatic heterocycles. The van der Waals surface area contributed by atoms with Gasteiger partial charge in [0, 0.05) is 27.1 Å². The standard InChI is InChI=1S/C18H22N4O4/c1-20-17(23)16(19-21(2)18(20)24)22-8-3-5-13(22)12-6-7-14-15(11-12)26-10-4-9-25-14/h6-7,11,13H,3-5,8-10H2,1-2H3. The molecule has 2 aromatic rings. The molecule has 8 nitrogen and oxygen atoms in total. The van der Waals surface area contributed by atoms with Gasteiger partial charge in [-0.05, 0) is 30.5 Å². The van der Waals surface area contributed by atoms with Gasteiger partial charge in [0.25, 0.3) is 5.56 Å². The number of anilines is 1.